The lowest BCUT2D eigenvalue weighted by atomic mass is 9.90. The Labute approximate surface area is 169 Å². The lowest BCUT2D eigenvalue weighted by Crippen LogP contribution is -2.32. The molecule has 0 heterocycles. The molecule has 0 atom stereocenters. The maximum absolute atomic E-state index is 10.2. The molecule has 152 valence electrons. The molecular formula is C20H20O7P2. The lowest BCUT2D eigenvalue weighted by Gasteiger charge is -2.27. The Hall–Kier alpha value is -1.50. The fourth-order valence-corrected chi connectivity index (χ4v) is 4.71. The van der Waals surface area contributed by atoms with Crippen LogP contribution in [0.4, 0.5) is 0 Å². The van der Waals surface area contributed by atoms with Crippen molar-refractivity contribution < 1.29 is 33.7 Å². The molecule has 4 rings (SSSR count). The fraction of sp³-hybridized carbons (Fsp3) is 0.200. The van der Waals surface area contributed by atoms with Crippen LogP contribution >= 0.6 is 17.2 Å². The third-order valence-electron chi connectivity index (χ3n) is 5.01. The van der Waals surface area contributed by atoms with Crippen molar-refractivity contribution in [3.05, 3.63) is 60.2 Å². The van der Waals surface area contributed by atoms with E-state index in [1.807, 2.05) is 12.1 Å². The van der Waals surface area contributed by atoms with Crippen LogP contribution in [-0.4, -0.2) is 30.7 Å². The minimum Gasteiger partial charge on any atom is -0.343 e. The molecule has 0 aliphatic carbocycles. The van der Waals surface area contributed by atoms with Gasteiger partial charge in [-0.05, 0) is 50.7 Å². The molecule has 5 N–H and O–H groups in total. The summed E-state index contributed by atoms with van der Waals surface area (Å²) in [7, 11) is -5.87. The Balaban J connectivity index is 1.63. The quantitative estimate of drug-likeness (QED) is 0.162. The van der Waals surface area contributed by atoms with Crippen LogP contribution in [0.15, 0.2) is 54.6 Å². The highest BCUT2D eigenvalue weighted by Gasteiger charge is 2.35. The second-order valence-electron chi connectivity index (χ2n) is 6.84. The third kappa shape index (κ3) is 4.35. The summed E-state index contributed by atoms with van der Waals surface area (Å²) in [6.07, 6.45) is 0.731. The van der Waals surface area contributed by atoms with Crippen LogP contribution < -0.4 is 0 Å². The van der Waals surface area contributed by atoms with Crippen LogP contribution in [0.3, 0.4) is 0 Å². The third-order valence-corrected chi connectivity index (χ3v) is 5.90. The summed E-state index contributed by atoms with van der Waals surface area (Å²) in [5.74, 6) is -2.48. The van der Waals surface area contributed by atoms with Crippen molar-refractivity contribution in [2.75, 3.05) is 0 Å². The summed E-state index contributed by atoms with van der Waals surface area (Å²) >= 11 is 0. The molecule has 0 fully saturated rings. The number of aryl methyl sites for hydroxylation is 1. The minimum atomic E-state index is -2.93. The highest BCUT2D eigenvalue weighted by atomic mass is 31.2. The minimum absolute atomic E-state index is 0.172. The van der Waals surface area contributed by atoms with Crippen molar-refractivity contribution in [2.45, 2.75) is 25.2 Å². The van der Waals surface area contributed by atoms with Gasteiger partial charge in [-0.2, -0.15) is 0 Å². The largest absolute Gasteiger partial charge is 0.343 e. The van der Waals surface area contributed by atoms with Gasteiger partial charge in [0.2, 0.25) is 0 Å². The van der Waals surface area contributed by atoms with Crippen molar-refractivity contribution in [3.8, 4) is 0 Å². The van der Waals surface area contributed by atoms with Crippen LogP contribution in [0.1, 0.15) is 18.4 Å². The predicted molar refractivity (Wildman–Crippen MR) is 113 cm³/mol. The van der Waals surface area contributed by atoms with E-state index in [1.165, 1.54) is 21.5 Å². The first-order valence-corrected chi connectivity index (χ1v) is 11.3. The van der Waals surface area contributed by atoms with Gasteiger partial charge in [0.15, 0.2) is 0 Å². The SMILES string of the molecule is OP(O)OC(O)(CCCc1ccc2ccc3cccc4ccc1c2c34)OP(O)O. The molecule has 0 saturated carbocycles. The van der Waals surface area contributed by atoms with E-state index in [0.29, 0.717) is 12.8 Å². The Morgan fingerprint density at radius 1 is 0.724 bits per heavy atom. The summed E-state index contributed by atoms with van der Waals surface area (Å²) in [6.45, 7) is 0. The smallest absolute Gasteiger partial charge is 0.331 e. The highest BCUT2D eigenvalue weighted by molar-refractivity contribution is 7.40. The first kappa shape index (κ1) is 20.8. The monoisotopic (exact) mass is 434 g/mol. The molecule has 0 radical (unpaired) electrons. The van der Waals surface area contributed by atoms with E-state index in [-0.39, 0.29) is 6.42 Å². The fourth-order valence-electron chi connectivity index (χ4n) is 3.88. The van der Waals surface area contributed by atoms with Gasteiger partial charge in [-0.1, -0.05) is 54.6 Å². The van der Waals surface area contributed by atoms with Crippen molar-refractivity contribution in [3.63, 3.8) is 0 Å². The second-order valence-corrected chi connectivity index (χ2v) is 8.21. The van der Waals surface area contributed by atoms with Gasteiger partial charge >= 0.3 is 17.2 Å². The van der Waals surface area contributed by atoms with Crippen molar-refractivity contribution in [2.24, 2.45) is 0 Å². The molecule has 0 unspecified atom stereocenters. The van der Waals surface area contributed by atoms with E-state index < -0.39 is 23.2 Å². The standard InChI is InChI=1S/C20H20O7P2/c21-20(26-28(22)23,27-29(24)25)12-2-5-13-6-7-16-9-8-14-3-1-4-15-10-11-17(13)19(16)18(14)15/h1,3-4,6-11,21-25H,2,5,12H2. The zero-order valence-corrected chi connectivity index (χ0v) is 17.1. The van der Waals surface area contributed by atoms with Gasteiger partial charge in [0, 0.05) is 6.42 Å². The van der Waals surface area contributed by atoms with Crippen molar-refractivity contribution in [1.29, 1.82) is 0 Å². The topological polar surface area (TPSA) is 120 Å². The Morgan fingerprint density at radius 3 is 1.90 bits per heavy atom. The number of aliphatic hydroxyl groups is 1. The Morgan fingerprint density at radius 2 is 1.28 bits per heavy atom. The van der Waals surface area contributed by atoms with E-state index in [4.69, 9.17) is 19.6 Å². The van der Waals surface area contributed by atoms with E-state index in [2.05, 4.69) is 51.5 Å². The van der Waals surface area contributed by atoms with Crippen LogP contribution in [-0.2, 0) is 15.5 Å². The Bertz CT molecular complexity index is 1110. The summed E-state index contributed by atoms with van der Waals surface area (Å²) in [5.41, 5.74) is 1.06. The molecule has 0 bridgehead atoms. The summed E-state index contributed by atoms with van der Waals surface area (Å²) in [6, 6.07) is 18.7. The normalized spacial score (nSPS) is 12.9. The van der Waals surface area contributed by atoms with Gasteiger partial charge in [-0.25, -0.2) is 0 Å². The Kier molecular flexibility index (Phi) is 5.96. The van der Waals surface area contributed by atoms with E-state index in [1.54, 1.807) is 0 Å². The molecule has 7 nitrogen and oxygen atoms in total. The molecule has 0 amide bonds. The summed E-state index contributed by atoms with van der Waals surface area (Å²) in [4.78, 5) is 36.1. The van der Waals surface area contributed by atoms with Crippen LogP contribution in [0.2, 0.25) is 0 Å². The highest BCUT2D eigenvalue weighted by Crippen LogP contribution is 2.42. The molecule has 9 heteroatoms. The van der Waals surface area contributed by atoms with Gasteiger partial charge in [0.1, 0.15) is 0 Å². The van der Waals surface area contributed by atoms with E-state index in [9.17, 15) is 5.11 Å². The van der Waals surface area contributed by atoms with Gasteiger partial charge < -0.3 is 24.7 Å². The van der Waals surface area contributed by atoms with Gasteiger partial charge in [0.05, 0.1) is 0 Å². The number of rotatable bonds is 8. The lowest BCUT2D eigenvalue weighted by molar-refractivity contribution is -0.282. The second kappa shape index (κ2) is 8.32. The van der Waals surface area contributed by atoms with Crippen molar-refractivity contribution in [1.82, 2.24) is 0 Å². The molecular weight excluding hydrogens is 414 g/mol. The van der Waals surface area contributed by atoms with E-state index in [0.717, 1.165) is 16.3 Å². The first-order valence-electron chi connectivity index (χ1n) is 8.98. The number of hydrogen-bond acceptors (Lipinski definition) is 7. The maximum atomic E-state index is 10.2. The molecule has 0 saturated heterocycles. The zero-order chi connectivity index (χ0) is 20.6. The van der Waals surface area contributed by atoms with Crippen LogP contribution in [0.25, 0.3) is 32.3 Å². The molecule has 0 spiro atoms. The molecule has 4 aromatic rings. The summed E-state index contributed by atoms with van der Waals surface area (Å²) < 4.78 is 9.14. The molecule has 0 aliphatic heterocycles. The van der Waals surface area contributed by atoms with Crippen molar-refractivity contribution >= 4 is 49.5 Å². The van der Waals surface area contributed by atoms with Crippen LogP contribution in [0, 0.1) is 0 Å². The average molecular weight is 434 g/mol. The zero-order valence-electron chi connectivity index (χ0n) is 15.3. The van der Waals surface area contributed by atoms with Gasteiger partial charge in [-0.3, -0.25) is 9.05 Å². The average Bonchev–Trinajstić information content (AvgIpc) is 2.65. The van der Waals surface area contributed by atoms with E-state index >= 15 is 0 Å². The summed E-state index contributed by atoms with van der Waals surface area (Å²) in [5, 5.41) is 17.2. The first-order chi connectivity index (χ1) is 13.9. The molecule has 4 aromatic carbocycles. The van der Waals surface area contributed by atoms with Crippen LogP contribution in [0.5, 0.6) is 0 Å². The predicted octanol–water partition coefficient (Wildman–Crippen LogP) is 4.01. The maximum Gasteiger partial charge on any atom is 0.331 e. The molecule has 0 aromatic heterocycles. The van der Waals surface area contributed by atoms with Gasteiger partial charge in [0.25, 0.3) is 5.97 Å². The number of benzene rings is 4. The molecule has 0 aliphatic rings. The number of hydrogen-bond donors (Lipinski definition) is 5. The molecule has 29 heavy (non-hydrogen) atoms. The van der Waals surface area contributed by atoms with Gasteiger partial charge in [-0.15, -0.1) is 0 Å².